The largest absolute Gasteiger partial charge is 0.328 e. The van der Waals surface area contributed by atoms with Gasteiger partial charge in [0.05, 0.1) is 18.7 Å². The van der Waals surface area contributed by atoms with E-state index in [0.717, 1.165) is 13.1 Å². The first-order valence-corrected chi connectivity index (χ1v) is 6.28. The average molecular weight is 236 g/mol. The van der Waals surface area contributed by atoms with Crippen LogP contribution in [0.5, 0.6) is 0 Å². The fourth-order valence-corrected chi connectivity index (χ4v) is 2.57. The Morgan fingerprint density at radius 3 is 2.94 bits per heavy atom. The van der Waals surface area contributed by atoms with Crippen molar-refractivity contribution in [3.05, 3.63) is 35.6 Å². The van der Waals surface area contributed by atoms with Crippen molar-refractivity contribution in [1.82, 2.24) is 0 Å². The van der Waals surface area contributed by atoms with Crippen molar-refractivity contribution in [2.75, 3.05) is 19.6 Å². The fraction of sp³-hybridized carbons (Fsp3) is 0.500. The lowest BCUT2D eigenvalue weighted by molar-refractivity contribution is -0.900. The van der Waals surface area contributed by atoms with Crippen LogP contribution in [0.2, 0.25) is 0 Å². The molecule has 0 bridgehead atoms. The molecule has 1 aliphatic rings. The van der Waals surface area contributed by atoms with Crippen LogP contribution in [0, 0.1) is 11.7 Å². The fourth-order valence-electron chi connectivity index (χ4n) is 2.57. The topological polar surface area (TPSA) is 21.5 Å². The number of carbonyl (C=O) groups is 1. The Morgan fingerprint density at radius 2 is 2.24 bits per heavy atom. The van der Waals surface area contributed by atoms with Gasteiger partial charge in [0.1, 0.15) is 12.4 Å². The highest BCUT2D eigenvalue weighted by atomic mass is 19.1. The monoisotopic (exact) mass is 236 g/mol. The molecule has 1 aromatic carbocycles. The number of halogens is 1. The van der Waals surface area contributed by atoms with Crippen molar-refractivity contribution in [2.24, 2.45) is 5.92 Å². The Hall–Kier alpha value is -1.22. The Kier molecular flexibility index (Phi) is 3.89. The van der Waals surface area contributed by atoms with Gasteiger partial charge in [-0.05, 0) is 25.0 Å². The lowest BCUT2D eigenvalue weighted by Crippen LogP contribution is -3.14. The molecule has 92 valence electrons. The molecule has 0 radical (unpaired) electrons. The Balaban J connectivity index is 1.99. The van der Waals surface area contributed by atoms with Crippen LogP contribution in [0.25, 0.3) is 0 Å². The molecule has 2 atom stereocenters. The number of likely N-dealkylation sites (tertiary alicyclic amines) is 1. The van der Waals surface area contributed by atoms with E-state index >= 15 is 0 Å². The summed E-state index contributed by atoms with van der Waals surface area (Å²) in [5, 5.41) is 0. The van der Waals surface area contributed by atoms with Gasteiger partial charge in [0.2, 0.25) is 5.78 Å². The highest BCUT2D eigenvalue weighted by molar-refractivity contribution is 5.97. The lowest BCUT2D eigenvalue weighted by atomic mass is 9.99. The molecule has 1 unspecified atom stereocenters. The van der Waals surface area contributed by atoms with E-state index in [0.29, 0.717) is 12.5 Å². The maximum absolute atomic E-state index is 13.4. The molecule has 0 aliphatic carbocycles. The van der Waals surface area contributed by atoms with E-state index in [-0.39, 0.29) is 11.3 Å². The van der Waals surface area contributed by atoms with Gasteiger partial charge in [-0.25, -0.2) is 4.39 Å². The third-order valence-corrected chi connectivity index (χ3v) is 3.45. The second-order valence-corrected chi connectivity index (χ2v) is 5.03. The average Bonchev–Trinajstić information content (AvgIpc) is 2.29. The van der Waals surface area contributed by atoms with Gasteiger partial charge in [-0.1, -0.05) is 19.1 Å². The quantitative estimate of drug-likeness (QED) is 0.785. The van der Waals surface area contributed by atoms with Crippen LogP contribution in [0.15, 0.2) is 24.3 Å². The number of benzene rings is 1. The van der Waals surface area contributed by atoms with E-state index in [1.165, 1.54) is 23.8 Å². The first kappa shape index (κ1) is 12.2. The van der Waals surface area contributed by atoms with Gasteiger partial charge in [0, 0.05) is 5.92 Å². The van der Waals surface area contributed by atoms with Crippen molar-refractivity contribution in [3.63, 3.8) is 0 Å². The molecule has 17 heavy (non-hydrogen) atoms. The minimum atomic E-state index is -0.401. The summed E-state index contributed by atoms with van der Waals surface area (Å²) in [5.41, 5.74) is 0.234. The minimum Gasteiger partial charge on any atom is -0.328 e. The van der Waals surface area contributed by atoms with Crippen molar-refractivity contribution in [3.8, 4) is 0 Å². The number of quaternary nitrogens is 1. The number of Topliss-reactive ketones (excluding diaryl/α,β-unsaturated/α-hetero) is 1. The predicted octanol–water partition coefficient (Wildman–Crippen LogP) is 1.32. The molecule has 0 amide bonds. The van der Waals surface area contributed by atoms with Gasteiger partial charge in [0.15, 0.2) is 0 Å². The number of nitrogens with one attached hydrogen (secondary N) is 1. The highest BCUT2D eigenvalue weighted by Crippen LogP contribution is 2.07. The molecule has 1 saturated heterocycles. The summed E-state index contributed by atoms with van der Waals surface area (Å²) in [7, 11) is 0. The number of rotatable bonds is 3. The molecule has 2 nitrogen and oxygen atoms in total. The molecular weight excluding hydrogens is 217 g/mol. The molecule has 1 aromatic rings. The van der Waals surface area contributed by atoms with Gasteiger partial charge >= 0.3 is 0 Å². The number of carbonyl (C=O) groups excluding carboxylic acids is 1. The molecule has 3 heteroatoms. The van der Waals surface area contributed by atoms with E-state index in [4.69, 9.17) is 0 Å². The molecule has 2 rings (SSSR count). The first-order chi connectivity index (χ1) is 8.16. The van der Waals surface area contributed by atoms with Crippen LogP contribution >= 0.6 is 0 Å². The number of piperidine rings is 1. The summed E-state index contributed by atoms with van der Waals surface area (Å²) in [6.45, 7) is 4.70. The van der Waals surface area contributed by atoms with Crippen LogP contribution in [0.3, 0.4) is 0 Å². The van der Waals surface area contributed by atoms with E-state index in [1.54, 1.807) is 18.2 Å². The van der Waals surface area contributed by atoms with Crippen molar-refractivity contribution >= 4 is 5.78 Å². The maximum atomic E-state index is 13.4. The van der Waals surface area contributed by atoms with Gasteiger partial charge < -0.3 is 4.90 Å². The van der Waals surface area contributed by atoms with E-state index in [2.05, 4.69) is 6.92 Å². The molecule has 0 spiro atoms. The summed E-state index contributed by atoms with van der Waals surface area (Å²) in [5.74, 6) is 0.196. The highest BCUT2D eigenvalue weighted by Gasteiger charge is 2.23. The van der Waals surface area contributed by atoms with Crippen LogP contribution in [0.1, 0.15) is 30.1 Å². The second kappa shape index (κ2) is 5.41. The zero-order chi connectivity index (χ0) is 12.3. The third kappa shape index (κ3) is 3.13. The van der Waals surface area contributed by atoms with Crippen LogP contribution in [-0.2, 0) is 0 Å². The van der Waals surface area contributed by atoms with Gasteiger partial charge in [-0.15, -0.1) is 0 Å². The molecule has 1 fully saturated rings. The molecule has 0 saturated carbocycles. The predicted molar refractivity (Wildman–Crippen MR) is 64.7 cm³/mol. The maximum Gasteiger partial charge on any atom is 0.219 e. The summed E-state index contributed by atoms with van der Waals surface area (Å²) in [6, 6.07) is 6.25. The van der Waals surface area contributed by atoms with E-state index in [9.17, 15) is 9.18 Å². The van der Waals surface area contributed by atoms with Crippen molar-refractivity contribution < 1.29 is 14.1 Å². The normalized spacial score (nSPS) is 24.6. The molecule has 1 aliphatic heterocycles. The molecular formula is C14H19FNO+. The first-order valence-electron chi connectivity index (χ1n) is 6.28. The number of hydrogen-bond donors (Lipinski definition) is 1. The van der Waals surface area contributed by atoms with Gasteiger partial charge in [-0.3, -0.25) is 4.79 Å². The minimum absolute atomic E-state index is 0.0767. The smallest absolute Gasteiger partial charge is 0.219 e. The van der Waals surface area contributed by atoms with Crippen molar-refractivity contribution in [1.29, 1.82) is 0 Å². The molecule has 1 N–H and O–H groups in total. The number of ketones is 1. The zero-order valence-corrected chi connectivity index (χ0v) is 10.2. The van der Waals surface area contributed by atoms with Gasteiger partial charge in [0.25, 0.3) is 0 Å². The summed E-state index contributed by atoms with van der Waals surface area (Å²) < 4.78 is 13.4. The van der Waals surface area contributed by atoms with Crippen molar-refractivity contribution in [2.45, 2.75) is 19.8 Å². The van der Waals surface area contributed by atoms with Crippen LogP contribution < -0.4 is 4.90 Å². The Labute approximate surface area is 101 Å². The van der Waals surface area contributed by atoms with Gasteiger partial charge in [-0.2, -0.15) is 0 Å². The molecule has 1 heterocycles. The summed E-state index contributed by atoms with van der Waals surface area (Å²) >= 11 is 0. The van der Waals surface area contributed by atoms with E-state index < -0.39 is 5.82 Å². The summed E-state index contributed by atoms with van der Waals surface area (Å²) in [4.78, 5) is 13.3. The van der Waals surface area contributed by atoms with E-state index in [1.807, 2.05) is 0 Å². The SMILES string of the molecule is C[C@@H]1CCC[NH+](CC(=O)c2ccccc2F)C1. The van der Waals surface area contributed by atoms with Crippen LogP contribution in [0.4, 0.5) is 4.39 Å². The Bertz CT molecular complexity index is 405. The Morgan fingerprint density at radius 1 is 1.47 bits per heavy atom. The number of hydrogen-bond acceptors (Lipinski definition) is 1. The zero-order valence-electron chi connectivity index (χ0n) is 10.2. The molecule has 0 aromatic heterocycles. The standard InChI is InChI=1S/C14H18FNO/c1-11-5-4-8-16(9-11)10-14(17)12-6-2-3-7-13(12)15/h2-3,6-7,11H,4-5,8-10H2,1H3/p+1/t11-/m1/s1. The van der Waals surface area contributed by atoms with Crippen LogP contribution in [-0.4, -0.2) is 25.4 Å². The second-order valence-electron chi connectivity index (χ2n) is 5.03. The lowest BCUT2D eigenvalue weighted by Gasteiger charge is -2.27. The summed E-state index contributed by atoms with van der Waals surface area (Å²) in [6.07, 6.45) is 2.42. The third-order valence-electron chi connectivity index (χ3n) is 3.45.